The highest BCUT2D eigenvalue weighted by atomic mass is 16.3. The number of aliphatic imine (C=N–C) groups is 1. The summed E-state index contributed by atoms with van der Waals surface area (Å²) in [7, 11) is 0. The van der Waals surface area contributed by atoms with Gasteiger partial charge >= 0.3 is 0 Å². The SMILES string of the molecule is N#CNC(=NCCc1ccccc1O)c1cccnc1. The third-order valence-electron chi connectivity index (χ3n) is 2.75. The number of aromatic nitrogens is 1. The van der Waals surface area contributed by atoms with E-state index in [0.29, 0.717) is 18.8 Å². The Balaban J connectivity index is 2.08. The number of pyridine rings is 1. The van der Waals surface area contributed by atoms with Crippen LogP contribution in [0.2, 0.25) is 0 Å². The van der Waals surface area contributed by atoms with E-state index in [4.69, 9.17) is 5.26 Å². The Kier molecular flexibility index (Phi) is 4.68. The fourth-order valence-electron chi connectivity index (χ4n) is 1.77. The fourth-order valence-corrected chi connectivity index (χ4v) is 1.77. The third-order valence-corrected chi connectivity index (χ3v) is 2.75. The summed E-state index contributed by atoms with van der Waals surface area (Å²) in [5, 5.41) is 21.0. The minimum absolute atomic E-state index is 0.263. The zero-order valence-corrected chi connectivity index (χ0v) is 10.8. The number of nitriles is 1. The smallest absolute Gasteiger partial charge is 0.182 e. The summed E-state index contributed by atoms with van der Waals surface area (Å²) in [6.07, 6.45) is 5.77. The number of nitrogens with one attached hydrogen (secondary N) is 1. The van der Waals surface area contributed by atoms with Gasteiger partial charge in [0.15, 0.2) is 6.19 Å². The summed E-state index contributed by atoms with van der Waals surface area (Å²) in [6.45, 7) is 0.469. The van der Waals surface area contributed by atoms with E-state index in [0.717, 1.165) is 11.1 Å². The van der Waals surface area contributed by atoms with Crippen molar-refractivity contribution in [3.8, 4) is 11.9 Å². The minimum Gasteiger partial charge on any atom is -0.508 e. The van der Waals surface area contributed by atoms with Crippen LogP contribution in [0, 0.1) is 11.5 Å². The Morgan fingerprint density at radius 3 is 2.85 bits per heavy atom. The Hall–Kier alpha value is -2.87. The maximum atomic E-state index is 9.67. The summed E-state index contributed by atoms with van der Waals surface area (Å²) < 4.78 is 0. The monoisotopic (exact) mass is 266 g/mol. The molecule has 0 amide bonds. The summed E-state index contributed by atoms with van der Waals surface area (Å²) in [5.41, 5.74) is 1.59. The van der Waals surface area contributed by atoms with E-state index in [-0.39, 0.29) is 5.75 Å². The largest absolute Gasteiger partial charge is 0.508 e. The molecule has 100 valence electrons. The average Bonchev–Trinajstić information content (AvgIpc) is 2.49. The van der Waals surface area contributed by atoms with E-state index in [1.807, 2.05) is 24.4 Å². The summed E-state index contributed by atoms with van der Waals surface area (Å²) in [6, 6.07) is 10.8. The standard InChI is InChI=1S/C15H14N4O/c16-11-19-15(13-5-3-8-17-10-13)18-9-7-12-4-1-2-6-14(12)20/h1-6,8,10,20H,7,9H2,(H,18,19). The van der Waals surface area contributed by atoms with E-state index >= 15 is 0 Å². The Morgan fingerprint density at radius 2 is 2.15 bits per heavy atom. The second-order valence-electron chi connectivity index (χ2n) is 4.09. The molecule has 5 nitrogen and oxygen atoms in total. The molecular formula is C15H14N4O. The second-order valence-corrected chi connectivity index (χ2v) is 4.09. The number of para-hydroxylation sites is 1. The second kappa shape index (κ2) is 6.90. The van der Waals surface area contributed by atoms with E-state index < -0.39 is 0 Å². The molecule has 0 aliphatic carbocycles. The van der Waals surface area contributed by atoms with Crippen LogP contribution < -0.4 is 5.32 Å². The van der Waals surface area contributed by atoms with E-state index in [1.54, 1.807) is 30.6 Å². The topological polar surface area (TPSA) is 81.3 Å². The van der Waals surface area contributed by atoms with Gasteiger partial charge in [-0.1, -0.05) is 18.2 Å². The number of benzene rings is 1. The average molecular weight is 266 g/mol. The van der Waals surface area contributed by atoms with Crippen molar-refractivity contribution in [3.63, 3.8) is 0 Å². The highest BCUT2D eigenvalue weighted by Crippen LogP contribution is 2.15. The van der Waals surface area contributed by atoms with Crippen molar-refractivity contribution in [2.45, 2.75) is 6.42 Å². The molecular weight excluding hydrogens is 252 g/mol. The van der Waals surface area contributed by atoms with Crippen LogP contribution >= 0.6 is 0 Å². The molecule has 0 aliphatic heterocycles. The van der Waals surface area contributed by atoms with Gasteiger partial charge in [-0.2, -0.15) is 5.26 Å². The number of hydrogen-bond donors (Lipinski definition) is 2. The van der Waals surface area contributed by atoms with Gasteiger partial charge in [-0.25, -0.2) is 0 Å². The van der Waals surface area contributed by atoms with Crippen LogP contribution in [0.4, 0.5) is 0 Å². The highest BCUT2D eigenvalue weighted by Gasteiger charge is 2.03. The molecule has 0 radical (unpaired) electrons. The minimum atomic E-state index is 0.263. The van der Waals surface area contributed by atoms with Crippen molar-refractivity contribution in [1.29, 1.82) is 5.26 Å². The van der Waals surface area contributed by atoms with E-state index in [1.165, 1.54) is 0 Å². The molecule has 0 saturated carbocycles. The molecule has 0 unspecified atom stereocenters. The number of hydrogen-bond acceptors (Lipinski definition) is 4. The van der Waals surface area contributed by atoms with Crippen LogP contribution in [0.5, 0.6) is 5.75 Å². The first-order chi connectivity index (χ1) is 9.81. The van der Waals surface area contributed by atoms with Crippen LogP contribution in [0.1, 0.15) is 11.1 Å². The maximum absolute atomic E-state index is 9.67. The Labute approximate surface area is 117 Å². The van der Waals surface area contributed by atoms with Gasteiger partial charge in [0.1, 0.15) is 11.6 Å². The molecule has 1 heterocycles. The summed E-state index contributed by atoms with van der Waals surface area (Å²) in [5.74, 6) is 0.745. The van der Waals surface area contributed by atoms with Gasteiger partial charge in [0.2, 0.25) is 0 Å². The quantitative estimate of drug-likeness (QED) is 0.383. The molecule has 0 bridgehead atoms. The van der Waals surface area contributed by atoms with E-state index in [2.05, 4.69) is 15.3 Å². The van der Waals surface area contributed by atoms with Crippen molar-refractivity contribution in [2.24, 2.45) is 4.99 Å². The highest BCUT2D eigenvalue weighted by molar-refractivity contribution is 5.99. The van der Waals surface area contributed by atoms with Crippen molar-refractivity contribution < 1.29 is 5.11 Å². The Morgan fingerprint density at radius 1 is 1.30 bits per heavy atom. The molecule has 0 saturated heterocycles. The van der Waals surface area contributed by atoms with Gasteiger partial charge in [0.05, 0.1) is 0 Å². The summed E-state index contributed by atoms with van der Waals surface area (Å²) in [4.78, 5) is 8.35. The van der Waals surface area contributed by atoms with Gasteiger partial charge in [-0.15, -0.1) is 0 Å². The molecule has 0 spiro atoms. The van der Waals surface area contributed by atoms with Crippen molar-refractivity contribution in [3.05, 3.63) is 59.9 Å². The number of phenols is 1. The van der Waals surface area contributed by atoms with Crippen molar-refractivity contribution in [2.75, 3.05) is 6.54 Å². The number of amidine groups is 1. The maximum Gasteiger partial charge on any atom is 0.182 e. The lowest BCUT2D eigenvalue weighted by molar-refractivity contribution is 0.468. The molecule has 2 N–H and O–H groups in total. The number of nitrogens with zero attached hydrogens (tertiary/aromatic N) is 3. The zero-order chi connectivity index (χ0) is 14.2. The van der Waals surface area contributed by atoms with Crippen LogP contribution in [0.25, 0.3) is 0 Å². The predicted octanol–water partition coefficient (Wildman–Crippen LogP) is 1.85. The zero-order valence-electron chi connectivity index (χ0n) is 10.8. The predicted molar refractivity (Wildman–Crippen MR) is 76.2 cm³/mol. The normalized spacial score (nSPS) is 10.8. The van der Waals surface area contributed by atoms with Crippen LogP contribution in [0.15, 0.2) is 53.8 Å². The first kappa shape index (κ1) is 13.6. The van der Waals surface area contributed by atoms with Crippen molar-refractivity contribution >= 4 is 5.84 Å². The molecule has 2 aromatic rings. The number of phenolic OH excluding ortho intramolecular Hbond substituents is 1. The first-order valence-corrected chi connectivity index (χ1v) is 6.18. The Bertz CT molecular complexity index is 632. The molecule has 5 heteroatoms. The molecule has 1 aromatic heterocycles. The summed E-state index contributed by atoms with van der Waals surface area (Å²) >= 11 is 0. The van der Waals surface area contributed by atoms with Gasteiger partial charge < -0.3 is 5.11 Å². The number of rotatable bonds is 4. The van der Waals surface area contributed by atoms with Gasteiger partial charge in [0, 0.05) is 24.5 Å². The lowest BCUT2D eigenvalue weighted by Crippen LogP contribution is -2.20. The molecule has 1 aromatic carbocycles. The van der Waals surface area contributed by atoms with Gasteiger partial charge in [-0.05, 0) is 30.2 Å². The van der Waals surface area contributed by atoms with Crippen LogP contribution in [-0.4, -0.2) is 22.5 Å². The van der Waals surface area contributed by atoms with Gasteiger partial charge in [0.25, 0.3) is 0 Å². The van der Waals surface area contributed by atoms with E-state index in [9.17, 15) is 5.11 Å². The third kappa shape index (κ3) is 3.56. The molecule has 0 fully saturated rings. The first-order valence-electron chi connectivity index (χ1n) is 6.18. The number of aromatic hydroxyl groups is 1. The van der Waals surface area contributed by atoms with Gasteiger partial charge in [-0.3, -0.25) is 15.3 Å². The van der Waals surface area contributed by atoms with Crippen molar-refractivity contribution in [1.82, 2.24) is 10.3 Å². The molecule has 20 heavy (non-hydrogen) atoms. The molecule has 2 rings (SSSR count). The van der Waals surface area contributed by atoms with Crippen LogP contribution in [-0.2, 0) is 6.42 Å². The molecule has 0 atom stereocenters. The molecule has 0 aliphatic rings. The lowest BCUT2D eigenvalue weighted by Gasteiger charge is -2.05. The van der Waals surface area contributed by atoms with Crippen LogP contribution in [0.3, 0.4) is 0 Å². The lowest BCUT2D eigenvalue weighted by atomic mass is 10.1. The fraction of sp³-hybridized carbons (Fsp3) is 0.133.